The van der Waals surface area contributed by atoms with E-state index in [1.165, 1.54) is 0 Å². The van der Waals surface area contributed by atoms with Gasteiger partial charge in [0.25, 0.3) is 0 Å². The molecule has 0 spiro atoms. The van der Waals surface area contributed by atoms with Crippen molar-refractivity contribution in [2.75, 3.05) is 13.6 Å². The topological polar surface area (TPSA) is 52.9 Å². The number of carbonyl (C=O) groups excluding carboxylic acids is 1. The van der Waals surface area contributed by atoms with Crippen LogP contribution in [0.5, 0.6) is 0 Å². The number of likely N-dealkylation sites (N-methyl/N-ethyl adjacent to an activating group) is 1. The number of hydrogen-bond acceptors (Lipinski definition) is 4. The van der Waals surface area contributed by atoms with Crippen LogP contribution in [0.2, 0.25) is 0 Å². The van der Waals surface area contributed by atoms with Crippen LogP contribution in [0.1, 0.15) is 26.2 Å². The Hall–Kier alpha value is -0.900. The molecule has 1 aliphatic heterocycles. The minimum Gasteiger partial charge on any atom is -0.411 e. The van der Waals surface area contributed by atoms with Gasteiger partial charge in [-0.25, -0.2) is 0 Å². The second-order valence-corrected chi connectivity index (χ2v) is 3.62. The summed E-state index contributed by atoms with van der Waals surface area (Å²) in [7, 11) is 1.96. The van der Waals surface area contributed by atoms with Crippen molar-refractivity contribution >= 4 is 11.5 Å². The lowest BCUT2D eigenvalue weighted by Gasteiger charge is -2.17. The SMILES string of the molecule is C/C(CC(=O)C1CCCN1C)=N/O. The molecule has 0 amide bonds. The summed E-state index contributed by atoms with van der Waals surface area (Å²) in [6.45, 7) is 2.65. The molecule has 1 heterocycles. The molecule has 1 N–H and O–H groups in total. The lowest BCUT2D eigenvalue weighted by Crippen LogP contribution is -2.33. The fourth-order valence-corrected chi connectivity index (χ4v) is 1.72. The summed E-state index contributed by atoms with van der Waals surface area (Å²) < 4.78 is 0. The first-order valence-electron chi connectivity index (χ1n) is 4.55. The molecular weight excluding hydrogens is 168 g/mol. The van der Waals surface area contributed by atoms with Crippen LogP contribution < -0.4 is 0 Å². The van der Waals surface area contributed by atoms with Crippen molar-refractivity contribution < 1.29 is 10.0 Å². The molecule has 74 valence electrons. The maximum absolute atomic E-state index is 11.6. The minimum absolute atomic E-state index is 0.0386. The first kappa shape index (κ1) is 10.2. The highest BCUT2D eigenvalue weighted by molar-refractivity contribution is 6.02. The second kappa shape index (κ2) is 4.37. The van der Waals surface area contributed by atoms with E-state index in [1.807, 2.05) is 7.05 Å². The number of oxime groups is 1. The molecule has 1 rings (SSSR count). The summed E-state index contributed by atoms with van der Waals surface area (Å²) in [4.78, 5) is 13.7. The molecule has 0 saturated carbocycles. The van der Waals surface area contributed by atoms with Gasteiger partial charge in [-0.2, -0.15) is 0 Å². The van der Waals surface area contributed by atoms with E-state index in [4.69, 9.17) is 5.21 Å². The number of carbonyl (C=O) groups is 1. The fraction of sp³-hybridized carbons (Fsp3) is 0.778. The highest BCUT2D eigenvalue weighted by Gasteiger charge is 2.27. The van der Waals surface area contributed by atoms with Crippen LogP contribution in [0, 0.1) is 0 Å². The molecule has 0 aromatic rings. The van der Waals surface area contributed by atoms with Gasteiger partial charge in [0, 0.05) is 6.42 Å². The van der Waals surface area contributed by atoms with Crippen LogP contribution in [0.15, 0.2) is 5.16 Å². The molecule has 0 aromatic carbocycles. The number of rotatable bonds is 3. The van der Waals surface area contributed by atoms with Crippen molar-refractivity contribution in [1.29, 1.82) is 0 Å². The fourth-order valence-electron chi connectivity index (χ4n) is 1.72. The summed E-state index contributed by atoms with van der Waals surface area (Å²) in [6.07, 6.45) is 2.29. The third-order valence-corrected chi connectivity index (χ3v) is 2.49. The van der Waals surface area contributed by atoms with Crippen LogP contribution >= 0.6 is 0 Å². The third-order valence-electron chi connectivity index (χ3n) is 2.49. The Morgan fingerprint density at radius 1 is 1.69 bits per heavy atom. The van der Waals surface area contributed by atoms with Crippen molar-refractivity contribution in [1.82, 2.24) is 4.90 Å². The van der Waals surface area contributed by atoms with Gasteiger partial charge in [-0.3, -0.25) is 9.69 Å². The van der Waals surface area contributed by atoms with Gasteiger partial charge in [0.1, 0.15) is 0 Å². The van der Waals surface area contributed by atoms with Crippen LogP contribution in [0.3, 0.4) is 0 Å². The number of hydrogen-bond donors (Lipinski definition) is 1. The van der Waals surface area contributed by atoms with E-state index in [1.54, 1.807) is 6.92 Å². The summed E-state index contributed by atoms with van der Waals surface area (Å²) >= 11 is 0. The van der Waals surface area contributed by atoms with Gasteiger partial charge in [0.15, 0.2) is 5.78 Å². The smallest absolute Gasteiger partial charge is 0.155 e. The molecule has 0 radical (unpaired) electrons. The standard InChI is InChI=1S/C9H16N2O2/c1-7(10-13)6-9(12)8-4-3-5-11(8)2/h8,13H,3-6H2,1-2H3/b10-7-. The Labute approximate surface area is 78.2 Å². The number of ketones is 1. The number of nitrogens with zero attached hydrogens (tertiary/aromatic N) is 2. The maximum Gasteiger partial charge on any atom is 0.155 e. The van der Waals surface area contributed by atoms with Crippen LogP contribution in [0.4, 0.5) is 0 Å². The molecule has 4 heteroatoms. The molecule has 0 aromatic heterocycles. The lowest BCUT2D eigenvalue weighted by molar-refractivity contribution is -0.121. The summed E-state index contributed by atoms with van der Waals surface area (Å²) in [5.41, 5.74) is 0.491. The molecule has 1 saturated heterocycles. The molecule has 1 unspecified atom stereocenters. The average molecular weight is 184 g/mol. The molecule has 1 atom stereocenters. The molecule has 4 nitrogen and oxygen atoms in total. The largest absolute Gasteiger partial charge is 0.411 e. The molecule has 0 aliphatic carbocycles. The Bertz CT molecular complexity index is 226. The van der Waals surface area contributed by atoms with E-state index in [9.17, 15) is 4.79 Å². The van der Waals surface area contributed by atoms with E-state index < -0.39 is 0 Å². The van der Waals surface area contributed by atoms with Crippen LogP contribution in [0.25, 0.3) is 0 Å². The summed E-state index contributed by atoms with van der Waals surface area (Å²) in [6, 6.07) is 0.0386. The second-order valence-electron chi connectivity index (χ2n) is 3.62. The van der Waals surface area contributed by atoms with Gasteiger partial charge in [-0.05, 0) is 33.4 Å². The van der Waals surface area contributed by atoms with Crippen molar-refractivity contribution in [3.63, 3.8) is 0 Å². The van der Waals surface area contributed by atoms with Gasteiger partial charge in [0.2, 0.25) is 0 Å². The van der Waals surface area contributed by atoms with Crippen LogP contribution in [-0.4, -0.2) is 41.2 Å². The van der Waals surface area contributed by atoms with E-state index in [-0.39, 0.29) is 18.2 Å². The van der Waals surface area contributed by atoms with Crippen molar-refractivity contribution in [2.24, 2.45) is 5.16 Å². The molecule has 1 fully saturated rings. The van der Waals surface area contributed by atoms with E-state index >= 15 is 0 Å². The normalized spacial score (nSPS) is 25.1. The highest BCUT2D eigenvalue weighted by atomic mass is 16.4. The van der Waals surface area contributed by atoms with Gasteiger partial charge < -0.3 is 5.21 Å². The van der Waals surface area contributed by atoms with Gasteiger partial charge in [-0.15, -0.1) is 0 Å². The minimum atomic E-state index is 0.0386. The first-order valence-corrected chi connectivity index (χ1v) is 4.55. The molecule has 13 heavy (non-hydrogen) atoms. The summed E-state index contributed by atoms with van der Waals surface area (Å²) in [5.74, 6) is 0.162. The third kappa shape index (κ3) is 2.52. The Kier molecular flexibility index (Phi) is 3.42. The van der Waals surface area contributed by atoms with Gasteiger partial charge in [-0.1, -0.05) is 5.16 Å². The predicted molar refractivity (Wildman–Crippen MR) is 50.2 cm³/mol. The zero-order valence-corrected chi connectivity index (χ0v) is 8.16. The van der Waals surface area contributed by atoms with Gasteiger partial charge >= 0.3 is 0 Å². The Morgan fingerprint density at radius 3 is 2.85 bits per heavy atom. The Balaban J connectivity index is 2.48. The first-order chi connectivity index (χ1) is 6.15. The predicted octanol–water partition coefficient (Wildman–Crippen LogP) is 0.890. The molecule has 1 aliphatic rings. The van der Waals surface area contributed by atoms with E-state index in [2.05, 4.69) is 10.1 Å². The monoisotopic (exact) mass is 184 g/mol. The zero-order chi connectivity index (χ0) is 9.84. The number of Topliss-reactive ketones (excluding diaryl/α,β-unsaturated/α-hetero) is 1. The van der Waals surface area contributed by atoms with Crippen LogP contribution in [-0.2, 0) is 4.79 Å². The van der Waals surface area contributed by atoms with Crippen molar-refractivity contribution in [3.05, 3.63) is 0 Å². The zero-order valence-electron chi connectivity index (χ0n) is 8.16. The molecular formula is C9H16N2O2. The average Bonchev–Trinajstić information content (AvgIpc) is 2.51. The lowest BCUT2D eigenvalue weighted by atomic mass is 10.1. The van der Waals surface area contributed by atoms with Crippen molar-refractivity contribution in [3.8, 4) is 0 Å². The quantitative estimate of drug-likeness (QED) is 0.402. The van der Waals surface area contributed by atoms with Gasteiger partial charge in [0.05, 0.1) is 11.8 Å². The van der Waals surface area contributed by atoms with E-state index in [0.29, 0.717) is 5.71 Å². The number of likely N-dealkylation sites (tertiary alicyclic amines) is 1. The Morgan fingerprint density at radius 2 is 2.38 bits per heavy atom. The molecule has 0 bridgehead atoms. The summed E-state index contributed by atoms with van der Waals surface area (Å²) in [5, 5.41) is 11.4. The maximum atomic E-state index is 11.6. The highest BCUT2D eigenvalue weighted by Crippen LogP contribution is 2.16. The van der Waals surface area contributed by atoms with Crippen molar-refractivity contribution in [2.45, 2.75) is 32.2 Å². The van der Waals surface area contributed by atoms with E-state index in [0.717, 1.165) is 19.4 Å².